The Balaban J connectivity index is 2.31. The summed E-state index contributed by atoms with van der Waals surface area (Å²) >= 11 is 0. The Morgan fingerprint density at radius 2 is 1.13 bits per heavy atom. The molecule has 0 aliphatic heterocycles. The standard InChI is InChI=1S/C26H42O4/c1-4-5-6-7-8-10-15-20-29-25(27)23-18-13-14-19-24(23)26(28)30-21-16-11-9-12-17-22(2)3/h13-14,18-19,22H,4-12,15-17,20-21H2,1-3H3. The van der Waals surface area contributed by atoms with Gasteiger partial charge in [-0.1, -0.05) is 97.1 Å². The second kappa shape index (κ2) is 16.9. The Bertz CT molecular complexity index is 594. The number of rotatable bonds is 17. The van der Waals surface area contributed by atoms with Crippen molar-refractivity contribution in [2.75, 3.05) is 13.2 Å². The monoisotopic (exact) mass is 418 g/mol. The molecule has 30 heavy (non-hydrogen) atoms. The maximum Gasteiger partial charge on any atom is 0.339 e. The summed E-state index contributed by atoms with van der Waals surface area (Å²) in [6, 6.07) is 6.76. The van der Waals surface area contributed by atoms with Gasteiger partial charge in [0.05, 0.1) is 24.3 Å². The van der Waals surface area contributed by atoms with Crippen LogP contribution in [0.5, 0.6) is 0 Å². The first-order valence-electron chi connectivity index (χ1n) is 12.0. The third kappa shape index (κ3) is 12.0. The van der Waals surface area contributed by atoms with E-state index in [1.54, 1.807) is 24.3 Å². The molecule has 4 heteroatoms. The van der Waals surface area contributed by atoms with E-state index in [0.29, 0.717) is 24.3 Å². The molecule has 0 aromatic heterocycles. The first-order chi connectivity index (χ1) is 14.6. The lowest BCUT2D eigenvalue weighted by atomic mass is 10.0. The van der Waals surface area contributed by atoms with Crippen molar-refractivity contribution in [1.29, 1.82) is 0 Å². The molecule has 0 saturated heterocycles. The van der Waals surface area contributed by atoms with E-state index >= 15 is 0 Å². The minimum atomic E-state index is -0.444. The van der Waals surface area contributed by atoms with Crippen LogP contribution < -0.4 is 0 Å². The molecule has 0 N–H and O–H groups in total. The summed E-state index contributed by atoms with van der Waals surface area (Å²) < 4.78 is 10.8. The van der Waals surface area contributed by atoms with E-state index in [4.69, 9.17) is 9.47 Å². The molecule has 4 nitrogen and oxygen atoms in total. The second-order valence-corrected chi connectivity index (χ2v) is 8.54. The van der Waals surface area contributed by atoms with E-state index < -0.39 is 11.9 Å². The number of unbranched alkanes of at least 4 members (excludes halogenated alkanes) is 9. The summed E-state index contributed by atoms with van der Waals surface area (Å²) in [5.74, 6) is -0.146. The highest BCUT2D eigenvalue weighted by Crippen LogP contribution is 2.14. The summed E-state index contributed by atoms with van der Waals surface area (Å²) in [5.41, 5.74) is 0.587. The van der Waals surface area contributed by atoms with E-state index in [1.165, 1.54) is 44.9 Å². The van der Waals surface area contributed by atoms with Crippen LogP contribution in [-0.2, 0) is 9.47 Å². The third-order valence-corrected chi connectivity index (χ3v) is 5.26. The Morgan fingerprint density at radius 1 is 0.700 bits per heavy atom. The Kier molecular flexibility index (Phi) is 14.8. The molecule has 170 valence electrons. The lowest BCUT2D eigenvalue weighted by molar-refractivity contribution is 0.0450. The fourth-order valence-electron chi connectivity index (χ4n) is 3.39. The Hall–Kier alpha value is -1.84. The molecular formula is C26H42O4. The number of hydrogen-bond donors (Lipinski definition) is 0. The molecule has 0 radical (unpaired) electrons. The Labute approximate surface area is 183 Å². The molecule has 0 saturated carbocycles. The van der Waals surface area contributed by atoms with Gasteiger partial charge < -0.3 is 9.47 Å². The molecule has 0 spiro atoms. The van der Waals surface area contributed by atoms with Gasteiger partial charge in [0.25, 0.3) is 0 Å². The molecule has 1 aromatic rings. The highest BCUT2D eigenvalue weighted by molar-refractivity contribution is 6.03. The van der Waals surface area contributed by atoms with Crippen molar-refractivity contribution >= 4 is 11.9 Å². The van der Waals surface area contributed by atoms with Gasteiger partial charge in [-0.3, -0.25) is 0 Å². The van der Waals surface area contributed by atoms with Crippen LogP contribution in [0, 0.1) is 5.92 Å². The summed E-state index contributed by atoms with van der Waals surface area (Å²) in [7, 11) is 0. The summed E-state index contributed by atoms with van der Waals surface area (Å²) in [6.45, 7) is 7.47. The SMILES string of the molecule is CCCCCCCCCOC(=O)c1ccccc1C(=O)OCCCCCCC(C)C. The molecule has 0 atom stereocenters. The van der Waals surface area contributed by atoms with Crippen molar-refractivity contribution in [3.8, 4) is 0 Å². The van der Waals surface area contributed by atoms with Crippen LogP contribution in [0.4, 0.5) is 0 Å². The van der Waals surface area contributed by atoms with Crippen molar-refractivity contribution in [1.82, 2.24) is 0 Å². The lowest BCUT2D eigenvalue weighted by Crippen LogP contribution is -2.15. The van der Waals surface area contributed by atoms with Crippen LogP contribution in [0.2, 0.25) is 0 Å². The number of carbonyl (C=O) groups excluding carboxylic acids is 2. The topological polar surface area (TPSA) is 52.6 Å². The van der Waals surface area contributed by atoms with E-state index in [9.17, 15) is 9.59 Å². The van der Waals surface area contributed by atoms with Gasteiger partial charge in [0.1, 0.15) is 0 Å². The fraction of sp³-hybridized carbons (Fsp3) is 0.692. The van der Waals surface area contributed by atoms with Crippen molar-refractivity contribution in [2.45, 2.75) is 97.8 Å². The molecule has 0 fully saturated rings. The minimum absolute atomic E-state index is 0.293. The number of ether oxygens (including phenoxy) is 2. The molecule has 0 aliphatic rings. The first-order valence-corrected chi connectivity index (χ1v) is 12.0. The molecular weight excluding hydrogens is 376 g/mol. The maximum atomic E-state index is 12.4. The summed E-state index contributed by atoms with van der Waals surface area (Å²) in [6.07, 6.45) is 13.7. The first kappa shape index (κ1) is 26.2. The minimum Gasteiger partial charge on any atom is -0.462 e. The van der Waals surface area contributed by atoms with Gasteiger partial charge in [0, 0.05) is 0 Å². The van der Waals surface area contributed by atoms with Crippen molar-refractivity contribution < 1.29 is 19.1 Å². The van der Waals surface area contributed by atoms with Gasteiger partial charge in [0.2, 0.25) is 0 Å². The highest BCUT2D eigenvalue weighted by Gasteiger charge is 2.18. The van der Waals surface area contributed by atoms with Crippen LogP contribution in [0.15, 0.2) is 24.3 Å². The van der Waals surface area contributed by atoms with Gasteiger partial charge in [-0.2, -0.15) is 0 Å². The number of esters is 2. The van der Waals surface area contributed by atoms with Crippen LogP contribution >= 0.6 is 0 Å². The normalized spacial score (nSPS) is 10.9. The molecule has 1 rings (SSSR count). The molecule has 0 unspecified atom stereocenters. The summed E-state index contributed by atoms with van der Waals surface area (Å²) in [5, 5.41) is 0. The predicted octanol–water partition coefficient (Wildman–Crippen LogP) is 7.36. The van der Waals surface area contributed by atoms with E-state index in [-0.39, 0.29) is 0 Å². The van der Waals surface area contributed by atoms with Crippen LogP contribution in [0.25, 0.3) is 0 Å². The summed E-state index contributed by atoms with van der Waals surface area (Å²) in [4.78, 5) is 24.8. The molecule has 0 heterocycles. The Morgan fingerprint density at radius 3 is 1.60 bits per heavy atom. The molecule has 0 bridgehead atoms. The maximum absolute atomic E-state index is 12.4. The van der Waals surface area contributed by atoms with Crippen LogP contribution in [-0.4, -0.2) is 25.2 Å². The van der Waals surface area contributed by atoms with Gasteiger partial charge in [-0.25, -0.2) is 9.59 Å². The average Bonchev–Trinajstić information content (AvgIpc) is 2.74. The second-order valence-electron chi connectivity index (χ2n) is 8.54. The number of benzene rings is 1. The van der Waals surface area contributed by atoms with E-state index in [1.807, 2.05) is 0 Å². The number of carbonyl (C=O) groups is 2. The zero-order chi connectivity index (χ0) is 22.0. The van der Waals surface area contributed by atoms with Gasteiger partial charge in [-0.05, 0) is 30.9 Å². The van der Waals surface area contributed by atoms with Crippen molar-refractivity contribution in [2.24, 2.45) is 5.92 Å². The smallest absolute Gasteiger partial charge is 0.339 e. The van der Waals surface area contributed by atoms with Crippen molar-refractivity contribution in [3.05, 3.63) is 35.4 Å². The molecule has 1 aromatic carbocycles. The predicted molar refractivity (Wildman–Crippen MR) is 123 cm³/mol. The van der Waals surface area contributed by atoms with Crippen LogP contribution in [0.1, 0.15) is 119 Å². The van der Waals surface area contributed by atoms with Crippen LogP contribution in [0.3, 0.4) is 0 Å². The quantitative estimate of drug-likeness (QED) is 0.196. The fourth-order valence-corrected chi connectivity index (χ4v) is 3.39. The van der Waals surface area contributed by atoms with Gasteiger partial charge in [-0.15, -0.1) is 0 Å². The average molecular weight is 419 g/mol. The van der Waals surface area contributed by atoms with E-state index in [2.05, 4.69) is 20.8 Å². The lowest BCUT2D eigenvalue weighted by Gasteiger charge is -2.10. The largest absolute Gasteiger partial charge is 0.462 e. The highest BCUT2D eigenvalue weighted by atomic mass is 16.5. The molecule has 0 amide bonds. The van der Waals surface area contributed by atoms with Gasteiger partial charge >= 0.3 is 11.9 Å². The molecule has 0 aliphatic carbocycles. The zero-order valence-corrected chi connectivity index (χ0v) is 19.4. The van der Waals surface area contributed by atoms with E-state index in [0.717, 1.165) is 38.0 Å². The van der Waals surface area contributed by atoms with Gasteiger partial charge in [0.15, 0.2) is 0 Å². The van der Waals surface area contributed by atoms with Crippen molar-refractivity contribution in [3.63, 3.8) is 0 Å². The zero-order valence-electron chi connectivity index (χ0n) is 19.4. The number of hydrogen-bond acceptors (Lipinski definition) is 4. The third-order valence-electron chi connectivity index (χ3n) is 5.26.